The number of nitrogens with zero attached hydrogens (tertiary/aromatic N) is 1. The molecule has 0 aromatic heterocycles. The van der Waals surface area contributed by atoms with Crippen LogP contribution in [0.15, 0.2) is 0 Å². The molecule has 0 heterocycles. The van der Waals surface area contributed by atoms with E-state index in [0.717, 1.165) is 36.3 Å². The quantitative estimate of drug-likeness (QED) is 0.212. The van der Waals surface area contributed by atoms with Crippen LogP contribution in [-0.4, -0.2) is 83.2 Å². The van der Waals surface area contributed by atoms with E-state index in [0.29, 0.717) is 19.0 Å². The van der Waals surface area contributed by atoms with Crippen molar-refractivity contribution in [1.82, 2.24) is 4.90 Å². The molecule has 0 rings (SSSR count). The SMILES string of the molecule is CC[Si](CC)(CC)OC(=O)CC(C(=O)O[Si](CC)(CC)CC)N(C)CCC[Si](OC)(OC)OC. The second-order valence-corrected chi connectivity index (χ2v) is 21.5. The van der Waals surface area contributed by atoms with E-state index in [1.165, 1.54) is 0 Å². The number of likely N-dealkylation sites (N-methyl/N-ethyl adjacent to an activating group) is 1. The number of carbonyl (C=O) groups excluding carboxylic acids is 2. The molecule has 0 fully saturated rings. The van der Waals surface area contributed by atoms with Gasteiger partial charge in [0.15, 0.2) is 0 Å². The molecule has 0 radical (unpaired) electrons. The Morgan fingerprint density at radius 1 is 0.735 bits per heavy atom. The van der Waals surface area contributed by atoms with Gasteiger partial charge in [-0.1, -0.05) is 41.5 Å². The highest BCUT2D eigenvalue weighted by Gasteiger charge is 2.40. The molecule has 0 spiro atoms. The first-order valence-corrected chi connectivity index (χ1v) is 19.8. The first-order chi connectivity index (χ1) is 16.0. The fourth-order valence-corrected chi connectivity index (χ4v) is 11.0. The smallest absolute Gasteiger partial charge is 0.500 e. The van der Waals surface area contributed by atoms with Gasteiger partial charge >= 0.3 is 14.8 Å². The number of hydrogen-bond donors (Lipinski definition) is 0. The van der Waals surface area contributed by atoms with E-state index in [-0.39, 0.29) is 18.4 Å². The van der Waals surface area contributed by atoms with Crippen molar-refractivity contribution in [2.75, 3.05) is 34.9 Å². The van der Waals surface area contributed by atoms with E-state index in [2.05, 4.69) is 41.5 Å². The van der Waals surface area contributed by atoms with E-state index in [1.54, 1.807) is 21.3 Å². The lowest BCUT2D eigenvalue weighted by molar-refractivity contribution is -0.147. The van der Waals surface area contributed by atoms with Crippen molar-refractivity contribution in [3.63, 3.8) is 0 Å². The summed E-state index contributed by atoms with van der Waals surface area (Å²) in [6.45, 7) is 13.1. The van der Waals surface area contributed by atoms with E-state index < -0.39 is 31.5 Å². The van der Waals surface area contributed by atoms with Gasteiger partial charge < -0.3 is 22.1 Å². The predicted octanol–water partition coefficient (Wildman–Crippen LogP) is 5.04. The fourth-order valence-electron chi connectivity index (χ4n) is 4.33. The average Bonchev–Trinajstić information content (AvgIpc) is 2.87. The van der Waals surface area contributed by atoms with Crippen molar-refractivity contribution < 1.29 is 31.7 Å². The van der Waals surface area contributed by atoms with Gasteiger partial charge in [0.25, 0.3) is 22.6 Å². The van der Waals surface area contributed by atoms with E-state index in [4.69, 9.17) is 22.1 Å². The van der Waals surface area contributed by atoms with Crippen LogP contribution in [0.1, 0.15) is 54.4 Å². The van der Waals surface area contributed by atoms with Crippen molar-refractivity contribution in [3.05, 3.63) is 0 Å². The Hall–Kier alpha value is -0.569. The molecule has 0 aromatic carbocycles. The first-order valence-electron chi connectivity index (χ1n) is 12.9. The van der Waals surface area contributed by atoms with Crippen molar-refractivity contribution in [1.29, 1.82) is 0 Å². The van der Waals surface area contributed by atoms with Crippen LogP contribution in [0.5, 0.6) is 0 Å². The molecule has 0 saturated heterocycles. The highest BCUT2D eigenvalue weighted by molar-refractivity contribution is 6.75. The van der Waals surface area contributed by atoms with Crippen LogP contribution in [0, 0.1) is 0 Å². The standard InChI is InChI=1S/C23H51NO7Si3/c1-11-32(12-2,13-3)30-22(25)20-21(23(26)31-33(14-4,15-5)16-6)24(7)18-17-19-34(27-8,28-9)29-10/h21H,11-20H2,1-10H3. The molecule has 34 heavy (non-hydrogen) atoms. The third kappa shape index (κ3) is 9.47. The number of rotatable bonds is 19. The van der Waals surface area contributed by atoms with E-state index in [9.17, 15) is 9.59 Å². The molecule has 0 saturated carbocycles. The Kier molecular flexibility index (Phi) is 16.0. The van der Waals surface area contributed by atoms with Gasteiger partial charge in [-0.3, -0.25) is 14.5 Å². The summed E-state index contributed by atoms with van der Waals surface area (Å²) in [4.78, 5) is 28.4. The maximum atomic E-state index is 13.4. The third-order valence-electron chi connectivity index (χ3n) is 7.60. The lowest BCUT2D eigenvalue weighted by Crippen LogP contribution is -2.49. The zero-order chi connectivity index (χ0) is 26.4. The van der Waals surface area contributed by atoms with Gasteiger partial charge in [0.2, 0.25) is 0 Å². The Labute approximate surface area is 211 Å². The Morgan fingerprint density at radius 3 is 1.53 bits per heavy atom. The van der Waals surface area contributed by atoms with Crippen LogP contribution < -0.4 is 0 Å². The number of carbonyl (C=O) groups is 2. The molecule has 0 aromatic rings. The highest BCUT2D eigenvalue weighted by atomic mass is 28.4. The zero-order valence-corrected chi connectivity index (χ0v) is 26.5. The van der Waals surface area contributed by atoms with Gasteiger partial charge in [0.1, 0.15) is 6.04 Å². The second kappa shape index (κ2) is 16.2. The van der Waals surface area contributed by atoms with Crippen molar-refractivity contribution >= 4 is 37.4 Å². The molecule has 1 atom stereocenters. The second-order valence-electron chi connectivity index (χ2n) is 8.98. The van der Waals surface area contributed by atoms with Gasteiger partial charge in [-0.2, -0.15) is 0 Å². The summed E-state index contributed by atoms with van der Waals surface area (Å²) < 4.78 is 28.8. The Morgan fingerprint density at radius 2 is 1.15 bits per heavy atom. The summed E-state index contributed by atoms with van der Waals surface area (Å²) in [5.74, 6) is -0.598. The van der Waals surface area contributed by atoms with Gasteiger partial charge in [-0.15, -0.1) is 0 Å². The van der Waals surface area contributed by atoms with E-state index in [1.807, 2.05) is 11.9 Å². The molecule has 0 aliphatic carbocycles. The summed E-state index contributed by atoms with van der Waals surface area (Å²) in [6, 6.07) is 5.19. The molecular formula is C23H51NO7Si3. The van der Waals surface area contributed by atoms with Gasteiger partial charge in [0.05, 0.1) is 6.42 Å². The molecule has 0 N–H and O–H groups in total. The van der Waals surface area contributed by atoms with Gasteiger partial charge in [0, 0.05) is 27.4 Å². The van der Waals surface area contributed by atoms with Crippen LogP contribution in [0.25, 0.3) is 0 Å². The van der Waals surface area contributed by atoms with Crippen LogP contribution in [0.2, 0.25) is 42.3 Å². The minimum absolute atomic E-state index is 0.00705. The monoisotopic (exact) mass is 537 g/mol. The van der Waals surface area contributed by atoms with Crippen LogP contribution >= 0.6 is 0 Å². The summed E-state index contributed by atoms with van der Waals surface area (Å²) in [5.41, 5.74) is 0. The zero-order valence-electron chi connectivity index (χ0n) is 23.5. The minimum atomic E-state index is -2.70. The van der Waals surface area contributed by atoms with Crippen molar-refractivity contribution in [3.8, 4) is 0 Å². The normalized spacial score (nSPS) is 13.7. The molecule has 0 aliphatic heterocycles. The molecule has 0 bridgehead atoms. The third-order valence-corrected chi connectivity index (χ3v) is 19.5. The highest BCUT2D eigenvalue weighted by Crippen LogP contribution is 2.26. The predicted molar refractivity (Wildman–Crippen MR) is 144 cm³/mol. The largest absolute Gasteiger partial charge is 0.519 e. The average molecular weight is 538 g/mol. The Bertz CT molecular complexity index is 572. The van der Waals surface area contributed by atoms with E-state index >= 15 is 0 Å². The van der Waals surface area contributed by atoms with Crippen LogP contribution in [0.3, 0.4) is 0 Å². The van der Waals surface area contributed by atoms with Gasteiger partial charge in [-0.25, -0.2) is 0 Å². The number of hydrogen-bond acceptors (Lipinski definition) is 8. The van der Waals surface area contributed by atoms with Crippen LogP contribution in [0.4, 0.5) is 0 Å². The molecule has 1 unspecified atom stereocenters. The Balaban J connectivity index is 5.63. The van der Waals surface area contributed by atoms with Crippen molar-refractivity contribution in [2.24, 2.45) is 0 Å². The molecule has 8 nitrogen and oxygen atoms in total. The summed E-state index contributed by atoms with van der Waals surface area (Å²) in [7, 11) is -0.323. The minimum Gasteiger partial charge on any atom is -0.519 e. The summed E-state index contributed by atoms with van der Waals surface area (Å²) in [5, 5.41) is 0. The first kappa shape index (κ1) is 33.4. The molecule has 11 heteroatoms. The molecule has 0 aliphatic rings. The molecule has 0 amide bonds. The lowest BCUT2D eigenvalue weighted by Gasteiger charge is -2.34. The lowest BCUT2D eigenvalue weighted by atomic mass is 10.2. The molecular weight excluding hydrogens is 487 g/mol. The maximum Gasteiger partial charge on any atom is 0.500 e. The summed E-state index contributed by atoms with van der Waals surface area (Å²) >= 11 is 0. The van der Waals surface area contributed by atoms with Crippen molar-refractivity contribution in [2.45, 2.75) is 103 Å². The van der Waals surface area contributed by atoms with Crippen LogP contribution in [-0.2, 0) is 31.7 Å². The topological polar surface area (TPSA) is 83.5 Å². The fraction of sp³-hybridized carbons (Fsp3) is 0.913. The summed E-state index contributed by atoms with van der Waals surface area (Å²) in [6.07, 6.45) is 0.708. The molecule has 202 valence electrons. The maximum absolute atomic E-state index is 13.4. The van der Waals surface area contributed by atoms with Gasteiger partial charge in [-0.05, 0) is 56.3 Å².